The van der Waals surface area contributed by atoms with E-state index in [2.05, 4.69) is 4.72 Å². The Labute approximate surface area is 167 Å². The number of hydrogen-bond acceptors (Lipinski definition) is 4. The predicted molar refractivity (Wildman–Crippen MR) is 109 cm³/mol. The number of carbonyl (C=O) groups is 1. The van der Waals surface area contributed by atoms with Crippen molar-refractivity contribution in [3.63, 3.8) is 0 Å². The highest BCUT2D eigenvalue weighted by molar-refractivity contribution is 7.83. The third kappa shape index (κ3) is 5.18. The van der Waals surface area contributed by atoms with Crippen LogP contribution in [0.15, 0.2) is 76.0 Å². The molecule has 0 fully saturated rings. The lowest BCUT2D eigenvalue weighted by molar-refractivity contribution is -0.143. The lowest BCUT2D eigenvalue weighted by Crippen LogP contribution is -2.26. The van der Waals surface area contributed by atoms with E-state index in [0.717, 1.165) is 11.1 Å². The summed E-state index contributed by atoms with van der Waals surface area (Å²) >= 11 is 0. The normalized spacial score (nSPS) is 13.1. The smallest absolute Gasteiger partial charge is 0.307 e. The molecule has 3 rings (SSSR count). The first-order valence-corrected chi connectivity index (χ1v) is 10.3. The molecule has 28 heavy (non-hydrogen) atoms. The van der Waals surface area contributed by atoms with Crippen molar-refractivity contribution in [3.05, 3.63) is 78.1 Å². The number of hydrogen-bond donors (Lipinski definition) is 1. The third-order valence-electron chi connectivity index (χ3n) is 4.19. The number of ether oxygens (including phenoxy) is 1. The van der Waals surface area contributed by atoms with Gasteiger partial charge < -0.3 is 9.15 Å². The number of carbonyl (C=O) groups excluding carboxylic acids is 1. The largest absolute Gasteiger partial charge is 0.466 e. The van der Waals surface area contributed by atoms with Crippen LogP contribution in [0.5, 0.6) is 0 Å². The highest BCUT2D eigenvalue weighted by Crippen LogP contribution is 2.27. The zero-order valence-electron chi connectivity index (χ0n) is 15.9. The first kappa shape index (κ1) is 20.0. The van der Waals surface area contributed by atoms with Gasteiger partial charge in [-0.1, -0.05) is 48.0 Å². The van der Waals surface area contributed by atoms with Gasteiger partial charge in [-0.15, -0.1) is 0 Å². The lowest BCUT2D eigenvalue weighted by Gasteiger charge is -2.15. The van der Waals surface area contributed by atoms with Crippen LogP contribution in [0, 0.1) is 6.92 Å². The van der Waals surface area contributed by atoms with Gasteiger partial charge in [0.15, 0.2) is 0 Å². The molecule has 0 spiro atoms. The summed E-state index contributed by atoms with van der Waals surface area (Å²) in [6, 6.07) is 20.2. The Morgan fingerprint density at radius 2 is 1.79 bits per heavy atom. The van der Waals surface area contributed by atoms with Crippen LogP contribution in [-0.2, 0) is 20.5 Å². The van der Waals surface area contributed by atoms with Crippen LogP contribution < -0.4 is 4.72 Å². The van der Waals surface area contributed by atoms with Gasteiger partial charge >= 0.3 is 5.97 Å². The highest BCUT2D eigenvalue weighted by atomic mass is 32.2. The standard InChI is InChI=1S/C22H23NO4S/c1-3-26-22(24)15-19(23-28(25)18-11-9-16(2)10-12-18)21-14-13-20(27-21)17-7-5-4-6-8-17/h4-14,19,23H,3,15H2,1-2H3/t19-,28+/m0/s1. The van der Waals surface area contributed by atoms with Gasteiger partial charge in [0, 0.05) is 5.56 Å². The van der Waals surface area contributed by atoms with E-state index >= 15 is 0 Å². The fraction of sp³-hybridized carbons (Fsp3) is 0.227. The van der Waals surface area contributed by atoms with Crippen LogP contribution in [0.1, 0.15) is 30.7 Å². The number of furan rings is 1. The fourth-order valence-electron chi connectivity index (χ4n) is 2.74. The van der Waals surface area contributed by atoms with E-state index in [0.29, 0.717) is 23.0 Å². The van der Waals surface area contributed by atoms with Crippen molar-refractivity contribution in [3.8, 4) is 11.3 Å². The Morgan fingerprint density at radius 1 is 1.07 bits per heavy atom. The SMILES string of the molecule is CCOC(=O)C[C@H](N[S@](=O)c1ccc(C)cc1)c1ccc(-c2ccccc2)o1. The molecule has 5 nitrogen and oxygen atoms in total. The summed E-state index contributed by atoms with van der Waals surface area (Å²) in [6.45, 7) is 4.02. The van der Waals surface area contributed by atoms with E-state index < -0.39 is 17.0 Å². The van der Waals surface area contributed by atoms with E-state index in [-0.39, 0.29) is 12.4 Å². The summed E-state index contributed by atoms with van der Waals surface area (Å²) < 4.78 is 26.8. The molecule has 0 unspecified atom stereocenters. The molecule has 0 aliphatic carbocycles. The zero-order chi connectivity index (χ0) is 19.9. The van der Waals surface area contributed by atoms with Crippen LogP contribution in [-0.4, -0.2) is 16.8 Å². The van der Waals surface area contributed by atoms with Crippen molar-refractivity contribution in [2.24, 2.45) is 0 Å². The van der Waals surface area contributed by atoms with Gasteiger partial charge in [0.1, 0.15) is 22.5 Å². The molecule has 1 heterocycles. The van der Waals surface area contributed by atoms with Gasteiger partial charge in [-0.2, -0.15) is 0 Å². The zero-order valence-corrected chi connectivity index (χ0v) is 16.7. The maximum absolute atomic E-state index is 12.8. The van der Waals surface area contributed by atoms with Gasteiger partial charge in [0.05, 0.1) is 24.0 Å². The summed E-state index contributed by atoms with van der Waals surface area (Å²) in [5.74, 6) is 0.846. The second-order valence-electron chi connectivity index (χ2n) is 6.33. The second-order valence-corrected chi connectivity index (χ2v) is 7.57. The maximum atomic E-state index is 12.8. The fourth-order valence-corrected chi connectivity index (χ4v) is 3.72. The number of rotatable bonds is 8. The Bertz CT molecular complexity index is 935. The highest BCUT2D eigenvalue weighted by Gasteiger charge is 2.23. The first-order valence-electron chi connectivity index (χ1n) is 9.12. The molecule has 0 aliphatic heterocycles. The number of esters is 1. The Hall–Kier alpha value is -2.70. The molecular weight excluding hydrogens is 374 g/mol. The molecule has 0 bridgehead atoms. The molecule has 0 radical (unpaired) electrons. The average Bonchev–Trinajstić information content (AvgIpc) is 3.19. The van der Waals surface area contributed by atoms with Gasteiger partial charge in [-0.3, -0.25) is 4.79 Å². The maximum Gasteiger partial charge on any atom is 0.307 e. The number of aryl methyl sites for hydroxylation is 1. The summed E-state index contributed by atoms with van der Waals surface area (Å²) in [5.41, 5.74) is 2.02. The van der Waals surface area contributed by atoms with E-state index in [9.17, 15) is 9.00 Å². The molecule has 6 heteroatoms. The van der Waals surface area contributed by atoms with Gasteiger partial charge in [-0.05, 0) is 38.1 Å². The molecule has 0 aliphatic rings. The molecule has 1 aromatic heterocycles. The minimum absolute atomic E-state index is 0.0210. The molecule has 0 amide bonds. The quantitative estimate of drug-likeness (QED) is 0.566. The van der Waals surface area contributed by atoms with Crippen molar-refractivity contribution < 1.29 is 18.2 Å². The van der Waals surface area contributed by atoms with Crippen molar-refractivity contribution in [1.29, 1.82) is 0 Å². The Kier molecular flexibility index (Phi) is 6.79. The average molecular weight is 397 g/mol. The van der Waals surface area contributed by atoms with E-state index in [1.165, 1.54) is 0 Å². The van der Waals surface area contributed by atoms with E-state index in [1.807, 2.05) is 55.5 Å². The van der Waals surface area contributed by atoms with Crippen molar-refractivity contribution >= 4 is 17.0 Å². The van der Waals surface area contributed by atoms with E-state index in [4.69, 9.17) is 9.15 Å². The molecule has 0 saturated heterocycles. The van der Waals surface area contributed by atoms with Crippen LogP contribution in [0.3, 0.4) is 0 Å². The topological polar surface area (TPSA) is 68.5 Å². The molecule has 2 atom stereocenters. The van der Waals surface area contributed by atoms with Gasteiger partial charge in [-0.25, -0.2) is 8.93 Å². The minimum atomic E-state index is -1.50. The molecular formula is C22H23NO4S. The molecule has 3 aromatic rings. The van der Waals surface area contributed by atoms with Crippen LogP contribution >= 0.6 is 0 Å². The summed E-state index contributed by atoms with van der Waals surface area (Å²) in [4.78, 5) is 12.7. The predicted octanol–water partition coefficient (Wildman–Crippen LogP) is 4.56. The Balaban J connectivity index is 1.82. The molecule has 146 valence electrons. The molecule has 0 saturated carbocycles. The van der Waals surface area contributed by atoms with Crippen LogP contribution in [0.25, 0.3) is 11.3 Å². The number of nitrogens with one attached hydrogen (secondary N) is 1. The lowest BCUT2D eigenvalue weighted by atomic mass is 10.1. The Morgan fingerprint density at radius 3 is 2.46 bits per heavy atom. The van der Waals surface area contributed by atoms with Crippen LogP contribution in [0.2, 0.25) is 0 Å². The monoisotopic (exact) mass is 397 g/mol. The summed E-state index contributed by atoms with van der Waals surface area (Å²) in [6.07, 6.45) is 0.0210. The summed E-state index contributed by atoms with van der Waals surface area (Å²) in [7, 11) is -1.50. The van der Waals surface area contributed by atoms with Gasteiger partial charge in [0.25, 0.3) is 0 Å². The minimum Gasteiger partial charge on any atom is -0.466 e. The molecule has 1 N–H and O–H groups in total. The summed E-state index contributed by atoms with van der Waals surface area (Å²) in [5, 5.41) is 0. The van der Waals surface area contributed by atoms with E-state index in [1.54, 1.807) is 25.1 Å². The second kappa shape index (κ2) is 9.48. The number of benzene rings is 2. The van der Waals surface area contributed by atoms with Crippen molar-refractivity contribution in [2.45, 2.75) is 31.2 Å². The van der Waals surface area contributed by atoms with Crippen LogP contribution in [0.4, 0.5) is 0 Å². The van der Waals surface area contributed by atoms with Crippen molar-refractivity contribution in [1.82, 2.24) is 4.72 Å². The first-order chi connectivity index (χ1) is 13.6. The van der Waals surface area contributed by atoms with Gasteiger partial charge in [0.2, 0.25) is 0 Å². The third-order valence-corrected chi connectivity index (χ3v) is 5.39. The molecule has 2 aromatic carbocycles. The van der Waals surface area contributed by atoms with Crippen molar-refractivity contribution in [2.75, 3.05) is 6.61 Å².